The highest BCUT2D eigenvalue weighted by Gasteiger charge is 2.01. The molecule has 0 saturated heterocycles. The average Bonchev–Trinajstić information content (AvgIpc) is 1.86. The minimum Gasteiger partial charge on any atom is -0.354 e. The Morgan fingerprint density at radius 1 is 1.55 bits per heavy atom. The lowest BCUT2D eigenvalue weighted by Crippen LogP contribution is -2.30. The van der Waals surface area contributed by atoms with Crippen molar-refractivity contribution in [2.24, 2.45) is 0 Å². The van der Waals surface area contributed by atoms with E-state index in [1.807, 2.05) is 13.8 Å². The number of nitrogens with one attached hydrogen (secondary N) is 1. The third-order valence-electron chi connectivity index (χ3n) is 1.13. The van der Waals surface area contributed by atoms with E-state index < -0.39 is 0 Å². The van der Waals surface area contributed by atoms with Crippen molar-refractivity contribution >= 4 is 17.7 Å². The summed E-state index contributed by atoms with van der Waals surface area (Å²) in [5.41, 5.74) is 0. The van der Waals surface area contributed by atoms with Gasteiger partial charge in [0.1, 0.15) is 0 Å². The molecule has 2 nitrogen and oxygen atoms in total. The smallest absolute Gasteiger partial charge is 0.221 e. The molecule has 1 N–H and O–H groups in total. The summed E-state index contributed by atoms with van der Waals surface area (Å²) in [4.78, 5) is 11.0. The van der Waals surface area contributed by atoms with Crippen LogP contribution in [0.3, 0.4) is 0 Å². The predicted molar refractivity (Wildman–Crippen MR) is 50.9 cm³/mol. The molecule has 1 amide bonds. The van der Waals surface area contributed by atoms with E-state index >= 15 is 0 Å². The molecule has 0 bridgehead atoms. The molecule has 0 rings (SSSR count). The van der Waals surface area contributed by atoms with Crippen LogP contribution in [0.15, 0.2) is 0 Å². The molecule has 0 fully saturated rings. The molecule has 66 valence electrons. The Morgan fingerprint density at radius 2 is 2.18 bits per heavy atom. The van der Waals surface area contributed by atoms with Crippen molar-refractivity contribution in [2.45, 2.75) is 33.2 Å². The Morgan fingerprint density at radius 3 is 2.64 bits per heavy atom. The zero-order valence-corrected chi connectivity index (χ0v) is 8.33. The fourth-order valence-electron chi connectivity index (χ4n) is 0.703. The number of carbonyl (C=O) groups excluding carboxylic acids is 1. The minimum atomic E-state index is 0.168. The monoisotopic (exact) mass is 175 g/mol. The van der Waals surface area contributed by atoms with Crippen LogP contribution in [0.4, 0.5) is 0 Å². The third kappa shape index (κ3) is 7.72. The Kier molecular flexibility index (Phi) is 6.42. The Hall–Kier alpha value is -0.180. The van der Waals surface area contributed by atoms with E-state index in [4.69, 9.17) is 0 Å². The molecule has 0 aromatic carbocycles. The van der Waals surface area contributed by atoms with Crippen molar-refractivity contribution in [1.82, 2.24) is 5.32 Å². The van der Waals surface area contributed by atoms with E-state index in [-0.39, 0.29) is 11.9 Å². The van der Waals surface area contributed by atoms with Crippen molar-refractivity contribution < 1.29 is 4.79 Å². The molecule has 0 radical (unpaired) electrons. The number of hydrogen-bond acceptors (Lipinski definition) is 2. The maximum atomic E-state index is 11.0. The van der Waals surface area contributed by atoms with Gasteiger partial charge in [-0.1, -0.05) is 6.92 Å². The Labute approximate surface area is 73.1 Å². The lowest BCUT2D eigenvalue weighted by Gasteiger charge is -2.06. The molecule has 0 heterocycles. The maximum absolute atomic E-state index is 11.0. The van der Waals surface area contributed by atoms with E-state index in [0.717, 1.165) is 11.5 Å². The van der Waals surface area contributed by atoms with Gasteiger partial charge in [0, 0.05) is 18.2 Å². The standard InChI is InChI=1S/C8H17NOS/c1-4-11-6-5-8(10)9-7(2)3/h7H,4-6H2,1-3H3,(H,9,10). The third-order valence-corrected chi connectivity index (χ3v) is 2.03. The summed E-state index contributed by atoms with van der Waals surface area (Å²) in [6, 6.07) is 0.272. The highest BCUT2D eigenvalue weighted by molar-refractivity contribution is 7.99. The summed E-state index contributed by atoms with van der Waals surface area (Å²) in [5, 5.41) is 2.85. The van der Waals surface area contributed by atoms with Gasteiger partial charge in [0.25, 0.3) is 0 Å². The molecule has 0 aromatic rings. The first-order valence-electron chi connectivity index (χ1n) is 4.04. The van der Waals surface area contributed by atoms with Gasteiger partial charge in [-0.25, -0.2) is 0 Å². The number of amides is 1. The maximum Gasteiger partial charge on any atom is 0.221 e. The molecule has 0 aromatic heterocycles. The van der Waals surface area contributed by atoms with Gasteiger partial charge < -0.3 is 5.32 Å². The summed E-state index contributed by atoms with van der Waals surface area (Å²) in [7, 11) is 0. The number of carbonyl (C=O) groups is 1. The second-order valence-corrected chi connectivity index (χ2v) is 4.06. The van der Waals surface area contributed by atoms with Crippen LogP contribution in [-0.2, 0) is 4.79 Å². The van der Waals surface area contributed by atoms with Crippen LogP contribution < -0.4 is 5.32 Å². The van der Waals surface area contributed by atoms with Crippen LogP contribution in [0.2, 0.25) is 0 Å². The molecular weight excluding hydrogens is 158 g/mol. The SMILES string of the molecule is CCSCCC(=O)NC(C)C. The van der Waals surface area contributed by atoms with Crippen molar-refractivity contribution in [3.8, 4) is 0 Å². The van der Waals surface area contributed by atoms with Gasteiger partial charge in [0.15, 0.2) is 0 Å². The van der Waals surface area contributed by atoms with Gasteiger partial charge in [-0.05, 0) is 19.6 Å². The summed E-state index contributed by atoms with van der Waals surface area (Å²) in [5.74, 6) is 2.20. The van der Waals surface area contributed by atoms with Crippen LogP contribution in [0, 0.1) is 0 Å². The molecule has 0 aliphatic carbocycles. The molecule has 0 unspecified atom stereocenters. The van der Waals surface area contributed by atoms with Gasteiger partial charge in [-0.3, -0.25) is 4.79 Å². The molecule has 0 atom stereocenters. The zero-order valence-electron chi connectivity index (χ0n) is 7.52. The molecule has 0 saturated carbocycles. The van der Waals surface area contributed by atoms with Crippen LogP contribution >= 0.6 is 11.8 Å². The largest absolute Gasteiger partial charge is 0.354 e. The van der Waals surface area contributed by atoms with Gasteiger partial charge in [-0.15, -0.1) is 0 Å². The summed E-state index contributed by atoms with van der Waals surface area (Å²) < 4.78 is 0. The van der Waals surface area contributed by atoms with Gasteiger partial charge in [-0.2, -0.15) is 11.8 Å². The van der Waals surface area contributed by atoms with E-state index in [0.29, 0.717) is 6.42 Å². The van der Waals surface area contributed by atoms with E-state index in [1.54, 1.807) is 11.8 Å². The van der Waals surface area contributed by atoms with Crippen LogP contribution in [0.25, 0.3) is 0 Å². The molecule has 0 aliphatic heterocycles. The Balaban J connectivity index is 3.23. The molecule has 11 heavy (non-hydrogen) atoms. The lowest BCUT2D eigenvalue weighted by atomic mass is 10.3. The highest BCUT2D eigenvalue weighted by Crippen LogP contribution is 2.00. The van der Waals surface area contributed by atoms with Gasteiger partial charge in [0.2, 0.25) is 5.91 Å². The first kappa shape index (κ1) is 10.8. The quantitative estimate of drug-likeness (QED) is 0.644. The van der Waals surface area contributed by atoms with Crippen molar-refractivity contribution in [3.05, 3.63) is 0 Å². The van der Waals surface area contributed by atoms with Crippen LogP contribution in [0.5, 0.6) is 0 Å². The molecule has 3 heteroatoms. The van der Waals surface area contributed by atoms with Gasteiger partial charge >= 0.3 is 0 Å². The van der Waals surface area contributed by atoms with E-state index in [2.05, 4.69) is 12.2 Å². The van der Waals surface area contributed by atoms with Gasteiger partial charge in [0.05, 0.1) is 0 Å². The second kappa shape index (κ2) is 6.53. The van der Waals surface area contributed by atoms with Crippen LogP contribution in [-0.4, -0.2) is 23.5 Å². The summed E-state index contributed by atoms with van der Waals surface area (Å²) >= 11 is 1.80. The minimum absolute atomic E-state index is 0.168. The predicted octanol–water partition coefficient (Wildman–Crippen LogP) is 1.65. The normalized spacial score (nSPS) is 10.2. The summed E-state index contributed by atoms with van der Waals surface area (Å²) in [6.45, 7) is 6.06. The van der Waals surface area contributed by atoms with Crippen LogP contribution in [0.1, 0.15) is 27.2 Å². The topological polar surface area (TPSA) is 29.1 Å². The summed E-state index contributed by atoms with van der Waals surface area (Å²) in [6.07, 6.45) is 0.649. The number of hydrogen-bond donors (Lipinski definition) is 1. The van der Waals surface area contributed by atoms with Crippen molar-refractivity contribution in [3.63, 3.8) is 0 Å². The number of thioether (sulfide) groups is 1. The molecule has 0 spiro atoms. The van der Waals surface area contributed by atoms with E-state index in [9.17, 15) is 4.79 Å². The van der Waals surface area contributed by atoms with Crippen molar-refractivity contribution in [1.29, 1.82) is 0 Å². The fourth-order valence-corrected chi connectivity index (χ4v) is 1.32. The number of rotatable bonds is 5. The molecule has 0 aliphatic rings. The Bertz CT molecular complexity index is 115. The van der Waals surface area contributed by atoms with E-state index in [1.165, 1.54) is 0 Å². The van der Waals surface area contributed by atoms with Crippen molar-refractivity contribution in [2.75, 3.05) is 11.5 Å². The highest BCUT2D eigenvalue weighted by atomic mass is 32.2. The zero-order chi connectivity index (χ0) is 8.69. The molecular formula is C8H17NOS. The first-order valence-corrected chi connectivity index (χ1v) is 5.19. The average molecular weight is 175 g/mol. The second-order valence-electron chi connectivity index (χ2n) is 2.67. The lowest BCUT2D eigenvalue weighted by molar-refractivity contribution is -0.121. The first-order chi connectivity index (χ1) is 5.16. The fraction of sp³-hybridized carbons (Fsp3) is 0.875.